The van der Waals surface area contributed by atoms with Gasteiger partial charge in [0.1, 0.15) is 5.75 Å². The summed E-state index contributed by atoms with van der Waals surface area (Å²) in [5.74, 6) is 1.06. The van der Waals surface area contributed by atoms with Crippen molar-refractivity contribution in [2.45, 2.75) is 6.92 Å². The maximum atomic E-state index is 5.69. The Morgan fingerprint density at radius 2 is 2.12 bits per heavy atom. The highest BCUT2D eigenvalue weighted by Crippen LogP contribution is 2.38. The minimum absolute atomic E-state index is 0.299. The van der Waals surface area contributed by atoms with Gasteiger partial charge in [-0.3, -0.25) is 0 Å². The van der Waals surface area contributed by atoms with Crippen molar-refractivity contribution in [2.24, 2.45) is 0 Å². The predicted octanol–water partition coefficient (Wildman–Crippen LogP) is 3.00. The molecule has 1 aromatic carbocycles. The standard InChI is InChI=1S/C11H11BrN2O2/c1-6-3-7(8-5-14-16-11(8)13)10(12)9(4-6)15-2/h3-5H,13H2,1-2H3. The summed E-state index contributed by atoms with van der Waals surface area (Å²) in [6.45, 7) is 1.99. The Balaban J connectivity index is 2.65. The van der Waals surface area contributed by atoms with E-state index in [1.165, 1.54) is 0 Å². The lowest BCUT2D eigenvalue weighted by atomic mass is 10.1. The summed E-state index contributed by atoms with van der Waals surface area (Å²) >= 11 is 3.48. The number of aromatic nitrogens is 1. The smallest absolute Gasteiger partial charge is 0.229 e. The molecular weight excluding hydrogens is 272 g/mol. The highest BCUT2D eigenvalue weighted by molar-refractivity contribution is 9.10. The summed E-state index contributed by atoms with van der Waals surface area (Å²) in [7, 11) is 1.63. The van der Waals surface area contributed by atoms with E-state index < -0.39 is 0 Å². The zero-order valence-electron chi connectivity index (χ0n) is 8.95. The van der Waals surface area contributed by atoms with E-state index in [0.29, 0.717) is 5.88 Å². The Bertz CT molecular complexity index is 523. The van der Waals surface area contributed by atoms with E-state index in [1.54, 1.807) is 13.3 Å². The number of hydrogen-bond acceptors (Lipinski definition) is 4. The normalized spacial score (nSPS) is 10.4. The van der Waals surface area contributed by atoms with Gasteiger partial charge in [0.2, 0.25) is 5.88 Å². The van der Waals surface area contributed by atoms with E-state index in [9.17, 15) is 0 Å². The highest BCUT2D eigenvalue weighted by Gasteiger charge is 2.14. The first kappa shape index (κ1) is 11.0. The van der Waals surface area contributed by atoms with E-state index in [2.05, 4.69) is 21.1 Å². The summed E-state index contributed by atoms with van der Waals surface area (Å²) in [5.41, 5.74) is 8.44. The van der Waals surface area contributed by atoms with Crippen molar-refractivity contribution in [3.8, 4) is 16.9 Å². The minimum Gasteiger partial charge on any atom is -0.496 e. The zero-order valence-corrected chi connectivity index (χ0v) is 10.5. The van der Waals surface area contributed by atoms with Gasteiger partial charge in [-0.15, -0.1) is 0 Å². The lowest BCUT2D eigenvalue weighted by Gasteiger charge is -2.09. The van der Waals surface area contributed by atoms with Crippen LogP contribution in [0.1, 0.15) is 5.56 Å². The molecule has 0 radical (unpaired) electrons. The first-order chi connectivity index (χ1) is 7.63. The molecule has 1 aromatic heterocycles. The number of methoxy groups -OCH3 is 1. The number of halogens is 1. The van der Waals surface area contributed by atoms with Gasteiger partial charge in [-0.05, 0) is 40.5 Å². The third-order valence-corrected chi connectivity index (χ3v) is 3.11. The molecule has 0 atom stereocenters. The number of rotatable bonds is 2. The Kier molecular flexibility index (Phi) is 2.87. The van der Waals surface area contributed by atoms with Crippen molar-refractivity contribution in [2.75, 3.05) is 12.8 Å². The van der Waals surface area contributed by atoms with Crippen LogP contribution in [0.2, 0.25) is 0 Å². The highest BCUT2D eigenvalue weighted by atomic mass is 79.9. The quantitative estimate of drug-likeness (QED) is 0.920. The van der Waals surface area contributed by atoms with Crippen LogP contribution in [0.5, 0.6) is 5.75 Å². The minimum atomic E-state index is 0.299. The number of nitrogens with two attached hydrogens (primary N) is 1. The predicted molar refractivity (Wildman–Crippen MR) is 65.3 cm³/mol. The largest absolute Gasteiger partial charge is 0.496 e. The van der Waals surface area contributed by atoms with Crippen molar-refractivity contribution in [3.05, 3.63) is 28.4 Å². The monoisotopic (exact) mass is 282 g/mol. The number of hydrogen-bond donors (Lipinski definition) is 1. The summed E-state index contributed by atoms with van der Waals surface area (Å²) in [6.07, 6.45) is 1.59. The molecular formula is C11H11BrN2O2. The van der Waals surface area contributed by atoms with Gasteiger partial charge in [-0.2, -0.15) is 0 Å². The van der Waals surface area contributed by atoms with Gasteiger partial charge in [-0.1, -0.05) is 5.16 Å². The second-order valence-corrected chi connectivity index (χ2v) is 4.23. The third-order valence-electron chi connectivity index (χ3n) is 2.29. The summed E-state index contributed by atoms with van der Waals surface area (Å²) in [5, 5.41) is 3.66. The molecule has 0 bridgehead atoms. The van der Waals surface area contributed by atoms with Gasteiger partial charge in [-0.25, -0.2) is 0 Å². The van der Waals surface area contributed by atoms with E-state index >= 15 is 0 Å². The number of nitrogen functional groups attached to an aromatic ring is 1. The first-order valence-electron chi connectivity index (χ1n) is 4.68. The van der Waals surface area contributed by atoms with Gasteiger partial charge < -0.3 is 15.0 Å². The van der Waals surface area contributed by atoms with Crippen LogP contribution in [0, 0.1) is 6.92 Å². The average Bonchev–Trinajstić information content (AvgIpc) is 2.67. The second kappa shape index (κ2) is 4.17. The number of anilines is 1. The molecule has 84 valence electrons. The molecule has 0 aliphatic carbocycles. The number of aryl methyl sites for hydroxylation is 1. The number of nitrogens with zero attached hydrogens (tertiary/aromatic N) is 1. The molecule has 4 nitrogen and oxygen atoms in total. The number of ether oxygens (including phenoxy) is 1. The maximum Gasteiger partial charge on any atom is 0.229 e. The van der Waals surface area contributed by atoms with E-state index in [0.717, 1.165) is 26.9 Å². The molecule has 5 heteroatoms. The van der Waals surface area contributed by atoms with Gasteiger partial charge in [0.15, 0.2) is 0 Å². The van der Waals surface area contributed by atoms with E-state index in [-0.39, 0.29) is 0 Å². The Morgan fingerprint density at radius 3 is 2.69 bits per heavy atom. The van der Waals surface area contributed by atoms with Crippen LogP contribution < -0.4 is 10.5 Å². The van der Waals surface area contributed by atoms with Gasteiger partial charge in [0.25, 0.3) is 0 Å². The molecule has 0 fully saturated rings. The molecule has 0 aliphatic heterocycles. The second-order valence-electron chi connectivity index (χ2n) is 3.43. The molecule has 0 saturated heterocycles. The summed E-state index contributed by atoms with van der Waals surface area (Å²) in [4.78, 5) is 0. The van der Waals surface area contributed by atoms with Crippen molar-refractivity contribution < 1.29 is 9.26 Å². The maximum absolute atomic E-state index is 5.69. The van der Waals surface area contributed by atoms with Crippen LogP contribution in [0.25, 0.3) is 11.1 Å². The van der Waals surface area contributed by atoms with Crippen LogP contribution in [0.15, 0.2) is 27.3 Å². The molecule has 0 aliphatic rings. The fourth-order valence-corrected chi connectivity index (χ4v) is 2.14. The van der Waals surface area contributed by atoms with Gasteiger partial charge in [0.05, 0.1) is 23.3 Å². The van der Waals surface area contributed by atoms with Gasteiger partial charge in [0, 0.05) is 5.56 Å². The third kappa shape index (κ3) is 1.78. The summed E-state index contributed by atoms with van der Waals surface area (Å²) in [6, 6.07) is 3.94. The zero-order chi connectivity index (χ0) is 11.7. The van der Waals surface area contributed by atoms with Crippen molar-refractivity contribution in [1.82, 2.24) is 5.16 Å². The van der Waals surface area contributed by atoms with Crippen LogP contribution >= 0.6 is 15.9 Å². The molecule has 2 N–H and O–H groups in total. The molecule has 0 unspecified atom stereocenters. The molecule has 2 aromatic rings. The molecule has 0 saturated carbocycles. The molecule has 2 rings (SSSR count). The van der Waals surface area contributed by atoms with E-state index in [1.807, 2.05) is 19.1 Å². The van der Waals surface area contributed by atoms with Crippen LogP contribution in [-0.4, -0.2) is 12.3 Å². The van der Waals surface area contributed by atoms with Crippen LogP contribution in [0.4, 0.5) is 5.88 Å². The van der Waals surface area contributed by atoms with E-state index in [4.69, 9.17) is 15.0 Å². The average molecular weight is 283 g/mol. The topological polar surface area (TPSA) is 61.3 Å². The van der Waals surface area contributed by atoms with Crippen molar-refractivity contribution in [1.29, 1.82) is 0 Å². The van der Waals surface area contributed by atoms with Gasteiger partial charge >= 0.3 is 0 Å². The van der Waals surface area contributed by atoms with Crippen molar-refractivity contribution in [3.63, 3.8) is 0 Å². The Morgan fingerprint density at radius 1 is 1.38 bits per heavy atom. The van der Waals surface area contributed by atoms with Crippen molar-refractivity contribution >= 4 is 21.8 Å². The lowest BCUT2D eigenvalue weighted by Crippen LogP contribution is -1.91. The van der Waals surface area contributed by atoms with Crippen LogP contribution in [-0.2, 0) is 0 Å². The fourth-order valence-electron chi connectivity index (χ4n) is 1.53. The van der Waals surface area contributed by atoms with Crippen LogP contribution in [0.3, 0.4) is 0 Å². The molecule has 1 heterocycles. The lowest BCUT2D eigenvalue weighted by molar-refractivity contribution is 0.412. The summed E-state index contributed by atoms with van der Waals surface area (Å²) < 4.78 is 11.0. The molecule has 16 heavy (non-hydrogen) atoms. The Labute approximate surface area is 102 Å². The molecule has 0 amide bonds. The molecule has 0 spiro atoms. The Hall–Kier alpha value is -1.49. The number of benzene rings is 1. The SMILES string of the molecule is COc1cc(C)cc(-c2cnoc2N)c1Br. The first-order valence-corrected chi connectivity index (χ1v) is 5.47. The fraction of sp³-hybridized carbons (Fsp3) is 0.182.